The molecular weight excluding hydrogens is 378 g/mol. The minimum atomic E-state index is 0.119. The van der Waals surface area contributed by atoms with Crippen molar-refractivity contribution in [2.75, 3.05) is 39.3 Å². The van der Waals surface area contributed by atoms with E-state index in [-0.39, 0.29) is 5.91 Å². The zero-order chi connectivity index (χ0) is 20.9. The Kier molecular flexibility index (Phi) is 6.23. The third-order valence-electron chi connectivity index (χ3n) is 5.78. The average molecular weight is 408 g/mol. The van der Waals surface area contributed by atoms with Gasteiger partial charge in [0.2, 0.25) is 0 Å². The van der Waals surface area contributed by atoms with Crippen LogP contribution in [-0.4, -0.2) is 59.6 Å². The second kappa shape index (κ2) is 9.22. The third-order valence-corrected chi connectivity index (χ3v) is 5.78. The van der Waals surface area contributed by atoms with Gasteiger partial charge in [0.25, 0.3) is 5.91 Å². The number of rotatable bonds is 7. The highest BCUT2D eigenvalue weighted by molar-refractivity contribution is 5.95. The molecule has 1 fully saturated rings. The number of nitrogens with zero attached hydrogens (tertiary/aromatic N) is 3. The van der Waals surface area contributed by atoms with Gasteiger partial charge in [0.05, 0.1) is 18.4 Å². The maximum Gasteiger partial charge on any atom is 0.255 e. The molecule has 3 heterocycles. The lowest BCUT2D eigenvalue weighted by Crippen LogP contribution is -2.49. The van der Waals surface area contributed by atoms with E-state index in [1.807, 2.05) is 67.3 Å². The molecule has 0 spiro atoms. The van der Waals surface area contributed by atoms with Gasteiger partial charge in [0.15, 0.2) is 0 Å². The summed E-state index contributed by atoms with van der Waals surface area (Å²) in [6.07, 6.45) is 1.68. The van der Waals surface area contributed by atoms with Crippen LogP contribution in [0.15, 0.2) is 59.2 Å². The van der Waals surface area contributed by atoms with Crippen LogP contribution in [0, 0.1) is 13.8 Å². The minimum absolute atomic E-state index is 0.119. The van der Waals surface area contributed by atoms with Crippen molar-refractivity contribution in [1.29, 1.82) is 0 Å². The van der Waals surface area contributed by atoms with Crippen LogP contribution in [0.25, 0.3) is 0 Å². The van der Waals surface area contributed by atoms with Crippen molar-refractivity contribution in [3.63, 3.8) is 0 Å². The Morgan fingerprint density at radius 3 is 2.50 bits per heavy atom. The number of benzene rings is 1. The lowest BCUT2D eigenvalue weighted by atomic mass is 10.2. The predicted molar refractivity (Wildman–Crippen MR) is 116 cm³/mol. The first-order chi connectivity index (χ1) is 14.6. The number of hydrogen-bond donors (Lipinski definition) is 0. The van der Waals surface area contributed by atoms with Crippen molar-refractivity contribution < 1.29 is 13.9 Å². The van der Waals surface area contributed by atoms with Crippen LogP contribution in [0.5, 0.6) is 5.75 Å². The first-order valence-electron chi connectivity index (χ1n) is 10.5. The summed E-state index contributed by atoms with van der Waals surface area (Å²) in [7, 11) is 0. The molecule has 0 unspecified atom stereocenters. The Balaban J connectivity index is 1.30. The first kappa shape index (κ1) is 20.3. The number of aromatic nitrogens is 1. The molecule has 0 radical (unpaired) electrons. The Morgan fingerprint density at radius 2 is 1.80 bits per heavy atom. The van der Waals surface area contributed by atoms with Gasteiger partial charge in [0, 0.05) is 44.1 Å². The van der Waals surface area contributed by atoms with E-state index in [4.69, 9.17) is 9.15 Å². The molecule has 0 atom stereocenters. The molecule has 0 aliphatic carbocycles. The Labute approximate surface area is 177 Å². The topological polar surface area (TPSA) is 50.9 Å². The van der Waals surface area contributed by atoms with Crippen LogP contribution in [-0.2, 0) is 6.54 Å². The van der Waals surface area contributed by atoms with Crippen molar-refractivity contribution in [3.05, 3.63) is 77.5 Å². The molecule has 2 aromatic heterocycles. The largest absolute Gasteiger partial charge is 0.492 e. The molecule has 1 aliphatic rings. The standard InChI is InChI=1S/C24H29N3O3/c1-19-17-23(20(2)27(19)18-22-9-6-15-29-22)24(28)26-12-10-25(11-13-26)14-16-30-21-7-4-3-5-8-21/h3-9,15,17H,10-14,16,18H2,1-2H3. The van der Waals surface area contributed by atoms with E-state index >= 15 is 0 Å². The summed E-state index contributed by atoms with van der Waals surface area (Å²) >= 11 is 0. The van der Waals surface area contributed by atoms with Gasteiger partial charge >= 0.3 is 0 Å². The number of aryl methyl sites for hydroxylation is 1. The molecule has 3 aromatic rings. The molecule has 0 N–H and O–H groups in total. The number of piperazine rings is 1. The van der Waals surface area contributed by atoms with Crippen LogP contribution < -0.4 is 4.74 Å². The Morgan fingerprint density at radius 1 is 1.03 bits per heavy atom. The highest BCUT2D eigenvalue weighted by atomic mass is 16.5. The highest BCUT2D eigenvalue weighted by Gasteiger charge is 2.25. The second-order valence-electron chi connectivity index (χ2n) is 7.75. The van der Waals surface area contributed by atoms with Gasteiger partial charge in [-0.25, -0.2) is 0 Å². The molecule has 4 rings (SSSR count). The molecule has 1 saturated heterocycles. The fourth-order valence-electron chi connectivity index (χ4n) is 3.97. The fourth-order valence-corrected chi connectivity index (χ4v) is 3.97. The van der Waals surface area contributed by atoms with Gasteiger partial charge in [-0.2, -0.15) is 0 Å². The Bertz CT molecular complexity index is 955. The maximum atomic E-state index is 13.1. The number of carbonyl (C=O) groups is 1. The number of carbonyl (C=O) groups excluding carboxylic acids is 1. The molecular formula is C24H29N3O3. The molecule has 1 aromatic carbocycles. The molecule has 6 heteroatoms. The van der Waals surface area contributed by atoms with Crippen LogP contribution in [0.1, 0.15) is 27.5 Å². The first-order valence-corrected chi connectivity index (χ1v) is 10.5. The SMILES string of the molecule is Cc1cc(C(=O)N2CCN(CCOc3ccccc3)CC2)c(C)n1Cc1ccco1. The van der Waals surface area contributed by atoms with E-state index in [0.29, 0.717) is 13.2 Å². The highest BCUT2D eigenvalue weighted by Crippen LogP contribution is 2.20. The summed E-state index contributed by atoms with van der Waals surface area (Å²) in [6, 6.07) is 15.7. The lowest BCUT2D eigenvalue weighted by molar-refractivity contribution is 0.0619. The van der Waals surface area contributed by atoms with Crippen LogP contribution in [0.2, 0.25) is 0 Å². The van der Waals surface area contributed by atoms with Gasteiger partial charge in [0.1, 0.15) is 18.1 Å². The third kappa shape index (κ3) is 4.60. The van der Waals surface area contributed by atoms with Gasteiger partial charge in [-0.1, -0.05) is 18.2 Å². The van der Waals surface area contributed by atoms with Crippen molar-refractivity contribution in [1.82, 2.24) is 14.4 Å². The lowest BCUT2D eigenvalue weighted by Gasteiger charge is -2.34. The molecule has 158 valence electrons. The van der Waals surface area contributed by atoms with Crippen LogP contribution >= 0.6 is 0 Å². The molecule has 0 saturated carbocycles. The number of para-hydroxylation sites is 1. The van der Waals surface area contributed by atoms with Crippen molar-refractivity contribution >= 4 is 5.91 Å². The minimum Gasteiger partial charge on any atom is -0.492 e. The summed E-state index contributed by atoms with van der Waals surface area (Å²) in [4.78, 5) is 17.5. The van der Waals surface area contributed by atoms with Crippen LogP contribution in [0.4, 0.5) is 0 Å². The van der Waals surface area contributed by atoms with E-state index in [1.165, 1.54) is 0 Å². The van der Waals surface area contributed by atoms with Gasteiger partial charge < -0.3 is 18.6 Å². The Hall–Kier alpha value is -2.99. The van der Waals surface area contributed by atoms with Gasteiger partial charge in [-0.15, -0.1) is 0 Å². The summed E-state index contributed by atoms with van der Waals surface area (Å²) in [6.45, 7) is 9.45. The zero-order valence-electron chi connectivity index (χ0n) is 17.7. The average Bonchev–Trinajstić information content (AvgIpc) is 3.38. The van der Waals surface area contributed by atoms with Crippen molar-refractivity contribution in [2.24, 2.45) is 0 Å². The summed E-state index contributed by atoms with van der Waals surface area (Å²) in [5, 5.41) is 0. The molecule has 1 amide bonds. The normalized spacial score (nSPS) is 14.8. The van der Waals surface area contributed by atoms with Crippen molar-refractivity contribution in [3.8, 4) is 5.75 Å². The van der Waals surface area contributed by atoms with E-state index in [2.05, 4.69) is 9.47 Å². The molecule has 6 nitrogen and oxygen atoms in total. The van der Waals surface area contributed by atoms with E-state index < -0.39 is 0 Å². The maximum absolute atomic E-state index is 13.1. The fraction of sp³-hybridized carbons (Fsp3) is 0.375. The number of furan rings is 1. The van der Waals surface area contributed by atoms with Crippen molar-refractivity contribution in [2.45, 2.75) is 20.4 Å². The van der Waals surface area contributed by atoms with E-state index in [0.717, 1.165) is 61.2 Å². The zero-order valence-corrected chi connectivity index (χ0v) is 17.7. The number of ether oxygens (including phenoxy) is 1. The smallest absolute Gasteiger partial charge is 0.255 e. The molecule has 30 heavy (non-hydrogen) atoms. The summed E-state index contributed by atoms with van der Waals surface area (Å²) in [5.74, 6) is 1.91. The predicted octanol–water partition coefficient (Wildman–Crippen LogP) is 3.58. The number of hydrogen-bond acceptors (Lipinski definition) is 4. The quantitative estimate of drug-likeness (QED) is 0.601. The monoisotopic (exact) mass is 407 g/mol. The van der Waals surface area contributed by atoms with Gasteiger partial charge in [-0.05, 0) is 44.2 Å². The van der Waals surface area contributed by atoms with E-state index in [1.54, 1.807) is 6.26 Å². The molecule has 1 aliphatic heterocycles. The van der Waals surface area contributed by atoms with E-state index in [9.17, 15) is 4.79 Å². The molecule has 0 bridgehead atoms. The summed E-state index contributed by atoms with van der Waals surface area (Å²) < 4.78 is 13.4. The van der Waals surface area contributed by atoms with Gasteiger partial charge in [-0.3, -0.25) is 9.69 Å². The summed E-state index contributed by atoms with van der Waals surface area (Å²) in [5.41, 5.74) is 2.86. The van der Waals surface area contributed by atoms with Crippen LogP contribution in [0.3, 0.4) is 0 Å². The number of amides is 1. The second-order valence-corrected chi connectivity index (χ2v) is 7.75.